The van der Waals surface area contributed by atoms with Gasteiger partial charge in [-0.25, -0.2) is 0 Å². The Morgan fingerprint density at radius 3 is 2.67 bits per heavy atom. The fourth-order valence-electron chi connectivity index (χ4n) is 1.90. The molecule has 1 N–H and O–H groups in total. The third-order valence-electron chi connectivity index (χ3n) is 2.99. The van der Waals surface area contributed by atoms with Crippen LogP contribution in [0.25, 0.3) is 0 Å². The van der Waals surface area contributed by atoms with Gasteiger partial charge in [0, 0.05) is 11.2 Å². The van der Waals surface area contributed by atoms with Crippen LogP contribution in [0.3, 0.4) is 0 Å². The second-order valence-electron chi connectivity index (χ2n) is 4.56. The number of ether oxygens (including phenoxy) is 1. The highest BCUT2D eigenvalue weighted by molar-refractivity contribution is 6.30. The number of pyridine rings is 1. The molecule has 1 heterocycles. The van der Waals surface area contributed by atoms with Gasteiger partial charge in [0.25, 0.3) is 5.91 Å². The minimum absolute atomic E-state index is 0.131. The first-order chi connectivity index (χ1) is 10.1. The summed E-state index contributed by atoms with van der Waals surface area (Å²) >= 11 is 5.86. The van der Waals surface area contributed by atoms with Gasteiger partial charge in [0.15, 0.2) is 0 Å². The van der Waals surface area contributed by atoms with Crippen molar-refractivity contribution in [3.63, 3.8) is 0 Å². The van der Waals surface area contributed by atoms with Crippen molar-refractivity contribution in [1.82, 2.24) is 10.3 Å². The van der Waals surface area contributed by atoms with E-state index in [9.17, 15) is 4.79 Å². The molecule has 2 rings (SSSR count). The lowest BCUT2D eigenvalue weighted by molar-refractivity contribution is 0.0935. The Balaban J connectivity index is 2.03. The highest BCUT2D eigenvalue weighted by Crippen LogP contribution is 2.18. The maximum Gasteiger partial charge on any atom is 0.270 e. The quantitative estimate of drug-likeness (QED) is 0.918. The molecule has 0 radical (unpaired) electrons. The summed E-state index contributed by atoms with van der Waals surface area (Å²) < 4.78 is 5.39. The van der Waals surface area contributed by atoms with Crippen molar-refractivity contribution in [2.45, 2.75) is 19.9 Å². The molecule has 0 saturated carbocycles. The van der Waals surface area contributed by atoms with Crippen LogP contribution in [0.1, 0.15) is 35.9 Å². The van der Waals surface area contributed by atoms with E-state index in [1.807, 2.05) is 38.1 Å². The van der Waals surface area contributed by atoms with Gasteiger partial charge >= 0.3 is 0 Å². The monoisotopic (exact) mass is 304 g/mol. The van der Waals surface area contributed by atoms with Crippen LogP contribution in [0.5, 0.6) is 5.75 Å². The largest absolute Gasteiger partial charge is 0.494 e. The Hall–Kier alpha value is -2.07. The predicted molar refractivity (Wildman–Crippen MR) is 82.7 cm³/mol. The highest BCUT2D eigenvalue weighted by Gasteiger charge is 2.12. The van der Waals surface area contributed by atoms with Gasteiger partial charge in [-0.05, 0) is 43.7 Å². The summed E-state index contributed by atoms with van der Waals surface area (Å²) in [5, 5.41) is 3.38. The molecule has 1 atom stereocenters. The summed E-state index contributed by atoms with van der Waals surface area (Å²) in [6.45, 7) is 4.49. The van der Waals surface area contributed by atoms with Gasteiger partial charge in [-0.1, -0.05) is 23.7 Å². The smallest absolute Gasteiger partial charge is 0.270 e. The number of hydrogen-bond donors (Lipinski definition) is 1. The summed E-state index contributed by atoms with van der Waals surface area (Å²) in [6, 6.07) is 10.7. The molecular formula is C16H17ClN2O2. The van der Waals surface area contributed by atoms with Crippen LogP contribution in [0, 0.1) is 0 Å². The van der Waals surface area contributed by atoms with Crippen LogP contribution < -0.4 is 10.1 Å². The molecule has 21 heavy (non-hydrogen) atoms. The third kappa shape index (κ3) is 4.20. The average molecular weight is 305 g/mol. The minimum atomic E-state index is -0.251. The van der Waals surface area contributed by atoms with E-state index in [1.165, 1.54) is 6.20 Å². The molecule has 1 aromatic carbocycles. The molecule has 1 amide bonds. The Morgan fingerprint density at radius 2 is 2.05 bits per heavy atom. The number of carbonyl (C=O) groups excluding carboxylic acids is 1. The van der Waals surface area contributed by atoms with Crippen LogP contribution >= 0.6 is 11.6 Å². The van der Waals surface area contributed by atoms with E-state index in [2.05, 4.69) is 10.3 Å². The van der Waals surface area contributed by atoms with E-state index >= 15 is 0 Å². The van der Waals surface area contributed by atoms with Crippen molar-refractivity contribution >= 4 is 17.5 Å². The molecule has 0 aliphatic carbocycles. The number of halogens is 1. The van der Waals surface area contributed by atoms with Gasteiger partial charge in [-0.15, -0.1) is 0 Å². The molecule has 0 fully saturated rings. The molecule has 0 spiro atoms. The van der Waals surface area contributed by atoms with E-state index < -0.39 is 0 Å². The van der Waals surface area contributed by atoms with Gasteiger partial charge in [-0.3, -0.25) is 9.78 Å². The van der Waals surface area contributed by atoms with Crippen LogP contribution in [0.2, 0.25) is 5.02 Å². The molecule has 4 nitrogen and oxygen atoms in total. The zero-order chi connectivity index (χ0) is 15.2. The molecule has 1 unspecified atom stereocenters. The molecule has 0 bridgehead atoms. The Kier molecular flexibility index (Phi) is 5.17. The molecule has 5 heteroatoms. The maximum absolute atomic E-state index is 12.1. The molecule has 2 aromatic rings. The number of nitrogens with zero attached hydrogens (tertiary/aromatic N) is 1. The summed E-state index contributed by atoms with van der Waals surface area (Å²) in [7, 11) is 0. The maximum atomic E-state index is 12.1. The topological polar surface area (TPSA) is 51.2 Å². The molecule has 0 saturated heterocycles. The van der Waals surface area contributed by atoms with Gasteiger partial charge < -0.3 is 10.1 Å². The number of benzene rings is 1. The van der Waals surface area contributed by atoms with Gasteiger partial charge in [0.2, 0.25) is 0 Å². The van der Waals surface area contributed by atoms with Crippen LogP contribution in [0.4, 0.5) is 0 Å². The second-order valence-corrected chi connectivity index (χ2v) is 4.99. The summed E-state index contributed by atoms with van der Waals surface area (Å²) in [4.78, 5) is 16.1. The second kappa shape index (κ2) is 7.09. The number of hydrogen-bond acceptors (Lipinski definition) is 3. The van der Waals surface area contributed by atoms with Gasteiger partial charge in [-0.2, -0.15) is 0 Å². The minimum Gasteiger partial charge on any atom is -0.494 e. The summed E-state index contributed by atoms with van der Waals surface area (Å²) in [5.74, 6) is 0.565. The number of aromatic nitrogens is 1. The lowest BCUT2D eigenvalue weighted by Crippen LogP contribution is -2.27. The van der Waals surface area contributed by atoms with Crippen molar-refractivity contribution in [2.75, 3.05) is 6.61 Å². The van der Waals surface area contributed by atoms with Gasteiger partial charge in [0.1, 0.15) is 11.4 Å². The van der Waals surface area contributed by atoms with Crippen LogP contribution in [-0.2, 0) is 0 Å². The first kappa shape index (κ1) is 15.3. The fourth-order valence-corrected chi connectivity index (χ4v) is 2.06. The Labute approximate surface area is 129 Å². The molecule has 0 aliphatic rings. The number of nitrogens with one attached hydrogen (secondary N) is 1. The first-order valence-corrected chi connectivity index (χ1v) is 7.13. The van der Waals surface area contributed by atoms with Crippen molar-refractivity contribution in [1.29, 1.82) is 0 Å². The number of amides is 1. The highest BCUT2D eigenvalue weighted by atomic mass is 35.5. The van der Waals surface area contributed by atoms with E-state index in [4.69, 9.17) is 16.3 Å². The Morgan fingerprint density at radius 1 is 1.33 bits per heavy atom. The lowest BCUT2D eigenvalue weighted by atomic mass is 10.1. The summed E-state index contributed by atoms with van der Waals surface area (Å²) in [5.41, 5.74) is 1.30. The Bertz CT molecular complexity index is 614. The van der Waals surface area contributed by atoms with Crippen LogP contribution in [0.15, 0.2) is 42.6 Å². The molecular weight excluding hydrogens is 288 g/mol. The molecule has 1 aromatic heterocycles. The average Bonchev–Trinajstić information content (AvgIpc) is 2.48. The van der Waals surface area contributed by atoms with E-state index in [0.717, 1.165) is 11.3 Å². The van der Waals surface area contributed by atoms with E-state index in [0.29, 0.717) is 17.3 Å². The first-order valence-electron chi connectivity index (χ1n) is 6.75. The molecule has 110 valence electrons. The SMILES string of the molecule is CCOc1ccc(C(C)NC(=O)c2cc(Cl)ccn2)cc1. The predicted octanol–water partition coefficient (Wildman–Crippen LogP) is 3.62. The molecule has 0 aliphatic heterocycles. The third-order valence-corrected chi connectivity index (χ3v) is 3.23. The van der Waals surface area contributed by atoms with Crippen LogP contribution in [-0.4, -0.2) is 17.5 Å². The van der Waals surface area contributed by atoms with Crippen molar-refractivity contribution < 1.29 is 9.53 Å². The van der Waals surface area contributed by atoms with Crippen molar-refractivity contribution in [3.8, 4) is 5.75 Å². The normalized spacial score (nSPS) is 11.8. The van der Waals surface area contributed by atoms with E-state index in [-0.39, 0.29) is 11.9 Å². The number of carbonyl (C=O) groups is 1. The zero-order valence-electron chi connectivity index (χ0n) is 12.0. The summed E-state index contributed by atoms with van der Waals surface area (Å²) in [6.07, 6.45) is 1.51. The lowest BCUT2D eigenvalue weighted by Gasteiger charge is -2.14. The fraction of sp³-hybridized carbons (Fsp3) is 0.250. The zero-order valence-corrected chi connectivity index (χ0v) is 12.7. The van der Waals surface area contributed by atoms with Crippen molar-refractivity contribution in [3.05, 3.63) is 58.9 Å². The standard InChI is InChI=1S/C16H17ClN2O2/c1-3-21-14-6-4-12(5-7-14)11(2)19-16(20)15-10-13(17)8-9-18-15/h4-11H,3H2,1-2H3,(H,19,20). The van der Waals surface area contributed by atoms with E-state index in [1.54, 1.807) is 12.1 Å². The van der Waals surface area contributed by atoms with Crippen molar-refractivity contribution in [2.24, 2.45) is 0 Å². The van der Waals surface area contributed by atoms with Gasteiger partial charge in [0.05, 0.1) is 12.6 Å². The number of rotatable bonds is 5.